The fraction of sp³-hybridized carbons (Fsp3) is 0.500. The molecule has 0 saturated heterocycles. The second-order valence-corrected chi connectivity index (χ2v) is 6.35. The molecule has 0 fully saturated rings. The predicted octanol–water partition coefficient (Wildman–Crippen LogP) is 2.12. The van der Waals surface area contributed by atoms with Gasteiger partial charge in [0.25, 0.3) is 5.89 Å². The highest BCUT2D eigenvalue weighted by Crippen LogP contribution is 2.20. The van der Waals surface area contributed by atoms with Crippen molar-refractivity contribution in [1.29, 1.82) is 0 Å². The summed E-state index contributed by atoms with van der Waals surface area (Å²) < 4.78 is 6.37. The molecular weight excluding hydrogens is 290 g/mol. The van der Waals surface area contributed by atoms with Crippen LogP contribution in [0, 0.1) is 5.92 Å². The Morgan fingerprint density at radius 2 is 2.24 bits per heavy atom. The number of amides is 1. The summed E-state index contributed by atoms with van der Waals surface area (Å²) in [6.07, 6.45) is 0.471. The zero-order chi connectivity index (χ0) is 15.4. The Morgan fingerprint density at radius 1 is 1.48 bits per heavy atom. The van der Waals surface area contributed by atoms with Crippen molar-refractivity contribution in [3.8, 4) is 10.8 Å². The van der Waals surface area contributed by atoms with E-state index in [0.717, 1.165) is 4.88 Å². The normalized spacial score (nSPS) is 12.6. The number of carbonyl (C=O) groups is 1. The van der Waals surface area contributed by atoms with E-state index < -0.39 is 5.76 Å². The highest BCUT2D eigenvalue weighted by atomic mass is 32.1. The molecule has 1 amide bonds. The minimum absolute atomic E-state index is 0.0208. The van der Waals surface area contributed by atoms with Crippen molar-refractivity contribution >= 4 is 17.2 Å². The quantitative estimate of drug-likeness (QED) is 0.886. The minimum Gasteiger partial charge on any atom is -0.387 e. The lowest BCUT2D eigenvalue weighted by Gasteiger charge is -2.13. The van der Waals surface area contributed by atoms with E-state index in [1.807, 2.05) is 38.3 Å². The number of hydrogen-bond donors (Lipinski definition) is 1. The molecule has 21 heavy (non-hydrogen) atoms. The van der Waals surface area contributed by atoms with Crippen molar-refractivity contribution < 1.29 is 9.21 Å². The molecule has 2 aromatic heterocycles. The maximum Gasteiger partial charge on any atom is 0.437 e. The summed E-state index contributed by atoms with van der Waals surface area (Å²) >= 11 is 1.46. The van der Waals surface area contributed by atoms with Crippen LogP contribution in [-0.4, -0.2) is 21.7 Å². The maximum atomic E-state index is 11.8. The first-order chi connectivity index (χ1) is 9.95. The van der Waals surface area contributed by atoms with Crippen LogP contribution in [0.15, 0.2) is 26.7 Å². The molecule has 0 saturated carbocycles. The zero-order valence-corrected chi connectivity index (χ0v) is 13.1. The first kappa shape index (κ1) is 15.5. The third-order valence-corrected chi connectivity index (χ3v) is 3.64. The molecule has 0 aliphatic carbocycles. The molecule has 0 bridgehead atoms. The number of thiophene rings is 1. The Morgan fingerprint density at radius 3 is 2.86 bits per heavy atom. The summed E-state index contributed by atoms with van der Waals surface area (Å²) in [4.78, 5) is 24.3. The summed E-state index contributed by atoms with van der Waals surface area (Å²) in [6.45, 7) is 6.10. The van der Waals surface area contributed by atoms with E-state index in [4.69, 9.17) is 4.42 Å². The Bertz CT molecular complexity index is 643. The van der Waals surface area contributed by atoms with Gasteiger partial charge in [-0.05, 0) is 24.3 Å². The molecule has 7 heteroatoms. The summed E-state index contributed by atoms with van der Waals surface area (Å²) in [6, 6.07) is 3.53. The lowest BCUT2D eigenvalue weighted by molar-refractivity contribution is -0.122. The van der Waals surface area contributed by atoms with Crippen LogP contribution in [0.4, 0.5) is 0 Å². The van der Waals surface area contributed by atoms with Gasteiger partial charge in [0.2, 0.25) is 5.91 Å². The first-order valence-electron chi connectivity index (χ1n) is 6.87. The Labute approximate surface area is 126 Å². The van der Waals surface area contributed by atoms with E-state index in [1.165, 1.54) is 16.0 Å². The third kappa shape index (κ3) is 4.29. The van der Waals surface area contributed by atoms with Gasteiger partial charge >= 0.3 is 5.76 Å². The van der Waals surface area contributed by atoms with Crippen LogP contribution < -0.4 is 11.1 Å². The van der Waals surface area contributed by atoms with Crippen molar-refractivity contribution in [3.05, 3.63) is 28.1 Å². The Hall–Kier alpha value is -1.89. The summed E-state index contributed by atoms with van der Waals surface area (Å²) in [5.74, 6) is 0.0870. The zero-order valence-electron chi connectivity index (χ0n) is 12.3. The Kier molecular flexibility index (Phi) is 4.95. The third-order valence-electron chi connectivity index (χ3n) is 2.79. The number of aromatic nitrogens is 2. The minimum atomic E-state index is -0.511. The van der Waals surface area contributed by atoms with Crippen LogP contribution in [-0.2, 0) is 11.3 Å². The average molecular weight is 309 g/mol. The second-order valence-electron chi connectivity index (χ2n) is 5.40. The van der Waals surface area contributed by atoms with Crippen LogP contribution in [0.2, 0.25) is 0 Å². The molecule has 1 atom stereocenters. The summed E-state index contributed by atoms with van der Waals surface area (Å²) in [5, 5.41) is 8.90. The van der Waals surface area contributed by atoms with Gasteiger partial charge in [0.1, 0.15) is 0 Å². The number of hydrogen-bond acceptors (Lipinski definition) is 5. The fourth-order valence-electron chi connectivity index (χ4n) is 1.93. The molecule has 2 heterocycles. The molecule has 0 unspecified atom stereocenters. The van der Waals surface area contributed by atoms with E-state index >= 15 is 0 Å². The second kappa shape index (κ2) is 6.71. The molecule has 2 aromatic rings. The van der Waals surface area contributed by atoms with Gasteiger partial charge in [0.05, 0.1) is 11.4 Å². The van der Waals surface area contributed by atoms with Crippen LogP contribution in [0.25, 0.3) is 10.8 Å². The van der Waals surface area contributed by atoms with Gasteiger partial charge in [-0.1, -0.05) is 19.9 Å². The number of carbonyl (C=O) groups excluding carboxylic acids is 1. The average Bonchev–Trinajstić information content (AvgIpc) is 2.98. The fourth-order valence-corrected chi connectivity index (χ4v) is 2.58. The van der Waals surface area contributed by atoms with E-state index in [0.29, 0.717) is 18.2 Å². The van der Waals surface area contributed by atoms with E-state index in [2.05, 4.69) is 10.4 Å². The lowest BCUT2D eigenvalue weighted by Crippen LogP contribution is -2.38. The topological polar surface area (TPSA) is 77.1 Å². The van der Waals surface area contributed by atoms with Crippen molar-refractivity contribution in [2.75, 3.05) is 0 Å². The molecule has 0 spiro atoms. The number of nitrogens with one attached hydrogen (secondary N) is 1. The Balaban J connectivity index is 2.00. The standard InChI is InChI=1S/C14H19N3O3S/c1-9(2)7-12(18)15-10(3)8-17-14(19)20-13(16-17)11-5-4-6-21-11/h4-6,9-10H,7-8H2,1-3H3,(H,15,18)/t10-/m1/s1. The highest BCUT2D eigenvalue weighted by molar-refractivity contribution is 7.13. The molecule has 0 aliphatic heterocycles. The predicted molar refractivity (Wildman–Crippen MR) is 81.1 cm³/mol. The highest BCUT2D eigenvalue weighted by Gasteiger charge is 2.15. The van der Waals surface area contributed by atoms with Crippen LogP contribution in [0.3, 0.4) is 0 Å². The lowest BCUT2D eigenvalue weighted by atomic mass is 10.1. The van der Waals surface area contributed by atoms with Crippen LogP contribution in [0.5, 0.6) is 0 Å². The van der Waals surface area contributed by atoms with Gasteiger partial charge in [0, 0.05) is 12.5 Å². The maximum absolute atomic E-state index is 11.8. The van der Waals surface area contributed by atoms with E-state index in [1.54, 1.807) is 0 Å². The molecular formula is C14H19N3O3S. The molecule has 114 valence electrons. The molecule has 1 N–H and O–H groups in total. The monoisotopic (exact) mass is 309 g/mol. The number of rotatable bonds is 6. The van der Waals surface area contributed by atoms with E-state index in [9.17, 15) is 9.59 Å². The molecule has 0 aliphatic rings. The van der Waals surface area contributed by atoms with Crippen molar-refractivity contribution in [2.45, 2.75) is 39.8 Å². The summed E-state index contributed by atoms with van der Waals surface area (Å²) in [7, 11) is 0. The van der Waals surface area contributed by atoms with Gasteiger partial charge in [0.15, 0.2) is 0 Å². The molecule has 6 nitrogen and oxygen atoms in total. The van der Waals surface area contributed by atoms with Crippen LogP contribution in [0.1, 0.15) is 27.2 Å². The van der Waals surface area contributed by atoms with Gasteiger partial charge in [-0.2, -0.15) is 4.68 Å². The van der Waals surface area contributed by atoms with Crippen LogP contribution >= 0.6 is 11.3 Å². The van der Waals surface area contributed by atoms with Crippen molar-refractivity contribution in [3.63, 3.8) is 0 Å². The summed E-state index contributed by atoms with van der Waals surface area (Å²) in [5.41, 5.74) is 0. The van der Waals surface area contributed by atoms with E-state index in [-0.39, 0.29) is 18.5 Å². The molecule has 0 radical (unpaired) electrons. The molecule has 2 rings (SSSR count). The van der Waals surface area contributed by atoms with Gasteiger partial charge in [-0.25, -0.2) is 4.79 Å². The van der Waals surface area contributed by atoms with Gasteiger partial charge in [-0.3, -0.25) is 4.79 Å². The largest absolute Gasteiger partial charge is 0.437 e. The van der Waals surface area contributed by atoms with Gasteiger partial charge < -0.3 is 9.73 Å². The van der Waals surface area contributed by atoms with Crippen molar-refractivity contribution in [1.82, 2.24) is 15.1 Å². The van der Waals surface area contributed by atoms with Gasteiger partial charge in [-0.15, -0.1) is 16.4 Å². The molecule has 0 aromatic carbocycles. The smallest absolute Gasteiger partial charge is 0.387 e. The SMILES string of the molecule is CC(C)CC(=O)N[C@H](C)Cn1nc(-c2cccs2)oc1=O. The first-order valence-corrected chi connectivity index (χ1v) is 7.75. The number of nitrogens with zero attached hydrogens (tertiary/aromatic N) is 2. The van der Waals surface area contributed by atoms with Crippen molar-refractivity contribution in [2.24, 2.45) is 5.92 Å².